The van der Waals surface area contributed by atoms with Gasteiger partial charge in [0.2, 0.25) is 0 Å². The van der Waals surface area contributed by atoms with Gasteiger partial charge in [0.1, 0.15) is 17.6 Å². The molecule has 10 nitrogen and oxygen atoms in total. The predicted octanol–water partition coefficient (Wildman–Crippen LogP) is 3.19. The molecule has 0 radical (unpaired) electrons. The van der Waals surface area contributed by atoms with E-state index in [0.29, 0.717) is 28.0 Å². The van der Waals surface area contributed by atoms with Crippen molar-refractivity contribution in [3.63, 3.8) is 0 Å². The zero-order valence-corrected chi connectivity index (χ0v) is 23.4. The van der Waals surface area contributed by atoms with Crippen molar-refractivity contribution in [1.82, 2.24) is 0 Å². The van der Waals surface area contributed by atoms with Crippen molar-refractivity contribution in [2.24, 2.45) is 0 Å². The van der Waals surface area contributed by atoms with E-state index in [9.17, 15) is 40.9 Å². The van der Waals surface area contributed by atoms with E-state index in [2.05, 4.69) is 0 Å². The van der Waals surface area contributed by atoms with Gasteiger partial charge in [0, 0.05) is 11.5 Å². The number of fused-ring (bicyclic) bond motifs is 4. The Bertz CT molecular complexity index is 1680. The highest BCUT2D eigenvalue weighted by molar-refractivity contribution is 5.60. The first-order chi connectivity index (χ1) is 21.2. The second-order valence-electron chi connectivity index (χ2n) is 11.1. The smallest absolute Gasteiger partial charge is 0.200 e. The highest BCUT2D eigenvalue weighted by Crippen LogP contribution is 2.58. The van der Waals surface area contributed by atoms with Crippen molar-refractivity contribution in [1.29, 1.82) is 0 Å². The van der Waals surface area contributed by atoms with Crippen molar-refractivity contribution in [2.75, 3.05) is 13.2 Å². The Balaban J connectivity index is 1.47. The van der Waals surface area contributed by atoms with Crippen LogP contribution in [0.3, 0.4) is 0 Å². The van der Waals surface area contributed by atoms with Crippen LogP contribution in [0.2, 0.25) is 0 Å². The molecule has 0 spiro atoms. The number of aliphatic hydroxyl groups is 4. The van der Waals surface area contributed by atoms with Gasteiger partial charge in [-0.1, -0.05) is 42.5 Å². The van der Waals surface area contributed by atoms with E-state index in [1.807, 2.05) is 0 Å². The lowest BCUT2D eigenvalue weighted by molar-refractivity contribution is -0.149. The first kappa shape index (κ1) is 29.3. The van der Waals surface area contributed by atoms with Gasteiger partial charge in [-0.3, -0.25) is 0 Å². The fourth-order valence-electron chi connectivity index (χ4n) is 6.23. The molecule has 1 aliphatic heterocycles. The summed E-state index contributed by atoms with van der Waals surface area (Å²) in [7, 11) is 0. The van der Waals surface area contributed by atoms with E-state index >= 15 is 0 Å². The summed E-state index contributed by atoms with van der Waals surface area (Å²) in [6, 6.07) is 20.5. The molecule has 0 saturated heterocycles. The number of rotatable bonds is 8. The third-order valence-corrected chi connectivity index (χ3v) is 8.42. The molecule has 0 saturated carbocycles. The Morgan fingerprint density at radius 3 is 2.07 bits per heavy atom. The number of phenols is 4. The van der Waals surface area contributed by atoms with Crippen LogP contribution in [0.25, 0.3) is 6.08 Å². The molecule has 2 aliphatic rings. The van der Waals surface area contributed by atoms with Crippen LogP contribution in [-0.2, 0) is 5.60 Å². The summed E-state index contributed by atoms with van der Waals surface area (Å²) in [6.45, 7) is -1.25. The van der Waals surface area contributed by atoms with Crippen LogP contribution in [0, 0.1) is 0 Å². The summed E-state index contributed by atoms with van der Waals surface area (Å²) in [5.74, 6) is -1.53. The molecule has 0 fully saturated rings. The lowest BCUT2D eigenvalue weighted by atomic mass is 9.83. The van der Waals surface area contributed by atoms with Gasteiger partial charge < -0.3 is 50.3 Å². The normalized spacial score (nSPS) is 22.3. The number of hydrogen-bond acceptors (Lipinski definition) is 10. The molecule has 4 aromatic carbocycles. The quantitative estimate of drug-likeness (QED) is 0.140. The Hall–Kier alpha value is -4.74. The molecule has 0 amide bonds. The standard InChI is InChI=1S/C34H32O10/c35-16-28(41)23(11-3-18-1-7-21(37)8-2-18)20-6-12-29-30(13-20)44-34(31(42)17-36)25-15-27(40)26(39)14-24(25)32(33(34)43-29)19-4-9-22(38)10-5-19/h1-15,23,28,31-33,35-42H,16-17H2/b11-3+/t23?,28-,31-,32?,33?,34+/m1/s1. The van der Waals surface area contributed by atoms with E-state index in [4.69, 9.17) is 9.47 Å². The minimum atomic E-state index is -1.74. The summed E-state index contributed by atoms with van der Waals surface area (Å²) in [5.41, 5.74) is 1.03. The number of aromatic hydroxyl groups is 4. The van der Waals surface area contributed by atoms with Crippen molar-refractivity contribution in [2.45, 2.75) is 35.7 Å². The van der Waals surface area contributed by atoms with Crippen LogP contribution in [0.4, 0.5) is 0 Å². The van der Waals surface area contributed by atoms with Gasteiger partial charge in [0.25, 0.3) is 0 Å². The first-order valence-electron chi connectivity index (χ1n) is 14.1. The molecule has 0 bridgehead atoms. The maximum atomic E-state index is 11.4. The van der Waals surface area contributed by atoms with Crippen LogP contribution in [0.15, 0.2) is 84.9 Å². The monoisotopic (exact) mass is 600 g/mol. The van der Waals surface area contributed by atoms with Crippen LogP contribution in [0.1, 0.15) is 39.7 Å². The molecular formula is C34H32O10. The Morgan fingerprint density at radius 2 is 1.41 bits per heavy atom. The maximum Gasteiger partial charge on any atom is 0.200 e. The largest absolute Gasteiger partial charge is 0.508 e. The number of phenolic OH excluding ortho intramolecular Hbond substituents is 4. The summed E-state index contributed by atoms with van der Waals surface area (Å²) >= 11 is 0. The van der Waals surface area contributed by atoms with Gasteiger partial charge in [0.05, 0.1) is 25.2 Å². The summed E-state index contributed by atoms with van der Waals surface area (Å²) in [4.78, 5) is 0. The third kappa shape index (κ3) is 4.87. The average Bonchev–Trinajstić information content (AvgIpc) is 3.29. The molecular weight excluding hydrogens is 568 g/mol. The Labute approximate surface area is 252 Å². The van der Waals surface area contributed by atoms with Crippen molar-refractivity contribution < 1.29 is 50.3 Å². The fraction of sp³-hybridized carbons (Fsp3) is 0.235. The Morgan fingerprint density at radius 1 is 0.750 bits per heavy atom. The molecule has 6 atom stereocenters. The van der Waals surface area contributed by atoms with E-state index < -0.39 is 54.7 Å². The zero-order chi connectivity index (χ0) is 31.2. The van der Waals surface area contributed by atoms with Crippen LogP contribution in [0.5, 0.6) is 34.5 Å². The molecule has 1 heterocycles. The SMILES string of the molecule is OC[C@@H](O)C(/C=C/c1ccc(O)cc1)c1ccc2c(c1)O[C@]1([C@H](O)CO)c3cc(O)c(O)cc3C(c3ccc(O)cc3)C1O2. The van der Waals surface area contributed by atoms with E-state index in [1.54, 1.807) is 54.6 Å². The number of aliphatic hydroxyl groups excluding tert-OH is 4. The second-order valence-corrected chi connectivity index (χ2v) is 11.1. The number of hydrogen-bond donors (Lipinski definition) is 8. The lowest BCUT2D eigenvalue weighted by Gasteiger charge is -2.45. The van der Waals surface area contributed by atoms with Crippen molar-refractivity contribution >= 4 is 6.08 Å². The predicted molar refractivity (Wildman–Crippen MR) is 159 cm³/mol. The first-order valence-corrected chi connectivity index (χ1v) is 14.1. The minimum Gasteiger partial charge on any atom is -0.508 e. The number of ether oxygens (including phenoxy) is 2. The number of benzene rings is 4. The third-order valence-electron chi connectivity index (χ3n) is 8.42. The molecule has 8 N–H and O–H groups in total. The van der Waals surface area contributed by atoms with Crippen molar-refractivity contribution in [3.8, 4) is 34.5 Å². The van der Waals surface area contributed by atoms with E-state index in [1.165, 1.54) is 36.4 Å². The van der Waals surface area contributed by atoms with E-state index in [0.717, 1.165) is 5.56 Å². The summed E-state index contributed by atoms with van der Waals surface area (Å²) in [6.07, 6.45) is -0.231. The van der Waals surface area contributed by atoms with Gasteiger partial charge >= 0.3 is 0 Å². The average molecular weight is 601 g/mol. The van der Waals surface area contributed by atoms with Gasteiger partial charge in [-0.05, 0) is 70.8 Å². The molecule has 1 aliphatic carbocycles. The Kier molecular flexibility index (Phi) is 7.60. The fourth-order valence-corrected chi connectivity index (χ4v) is 6.23. The van der Waals surface area contributed by atoms with Gasteiger partial charge in [-0.25, -0.2) is 0 Å². The van der Waals surface area contributed by atoms with Crippen LogP contribution in [-0.4, -0.2) is 72.4 Å². The van der Waals surface area contributed by atoms with Crippen LogP contribution >= 0.6 is 0 Å². The van der Waals surface area contributed by atoms with Gasteiger partial charge in [-0.15, -0.1) is 0 Å². The molecule has 10 heteroatoms. The van der Waals surface area contributed by atoms with Gasteiger partial charge in [0.15, 0.2) is 34.7 Å². The minimum absolute atomic E-state index is 0.0416. The summed E-state index contributed by atoms with van der Waals surface area (Å²) < 4.78 is 13.1. The molecule has 0 aromatic heterocycles. The molecule has 3 unspecified atom stereocenters. The second kappa shape index (κ2) is 11.4. The topological polar surface area (TPSA) is 180 Å². The van der Waals surface area contributed by atoms with E-state index in [-0.39, 0.29) is 23.0 Å². The van der Waals surface area contributed by atoms with Gasteiger partial charge in [-0.2, -0.15) is 0 Å². The highest BCUT2D eigenvalue weighted by Gasteiger charge is 2.63. The zero-order valence-electron chi connectivity index (χ0n) is 23.4. The molecule has 6 rings (SSSR count). The molecule has 44 heavy (non-hydrogen) atoms. The molecule has 228 valence electrons. The lowest BCUT2D eigenvalue weighted by Crippen LogP contribution is -2.57. The van der Waals surface area contributed by atoms with Crippen molar-refractivity contribution in [3.05, 3.63) is 113 Å². The van der Waals surface area contributed by atoms with Crippen LogP contribution < -0.4 is 9.47 Å². The molecule has 4 aromatic rings. The highest BCUT2D eigenvalue weighted by atomic mass is 16.6. The maximum absolute atomic E-state index is 11.4. The summed E-state index contributed by atoms with van der Waals surface area (Å²) in [5, 5.41) is 82.6.